The van der Waals surface area contributed by atoms with Crippen LogP contribution in [0.2, 0.25) is 0 Å². The van der Waals surface area contributed by atoms with Crippen molar-refractivity contribution in [2.24, 2.45) is 13.0 Å². The van der Waals surface area contributed by atoms with Crippen LogP contribution in [0.3, 0.4) is 0 Å². The molecule has 1 aliphatic heterocycles. The minimum Gasteiger partial charge on any atom is -0.342 e. The molecular formula is C25H29FN4O3S. The van der Waals surface area contributed by atoms with Crippen LogP contribution in [0.25, 0.3) is 0 Å². The van der Waals surface area contributed by atoms with E-state index < -0.39 is 21.9 Å². The highest BCUT2D eigenvalue weighted by molar-refractivity contribution is 7.89. The van der Waals surface area contributed by atoms with Crippen molar-refractivity contribution in [3.8, 4) is 0 Å². The van der Waals surface area contributed by atoms with Crippen LogP contribution in [0, 0.1) is 25.6 Å². The molecule has 180 valence electrons. The van der Waals surface area contributed by atoms with E-state index in [0.29, 0.717) is 24.2 Å². The number of sulfonamides is 1. The van der Waals surface area contributed by atoms with Crippen LogP contribution in [0.4, 0.5) is 4.39 Å². The first-order valence-electron chi connectivity index (χ1n) is 11.3. The molecule has 1 aromatic heterocycles. The van der Waals surface area contributed by atoms with E-state index in [4.69, 9.17) is 0 Å². The van der Waals surface area contributed by atoms with Gasteiger partial charge in [-0.1, -0.05) is 24.3 Å². The Bertz CT molecular complexity index is 1300. The largest absolute Gasteiger partial charge is 0.342 e. The van der Waals surface area contributed by atoms with Gasteiger partial charge in [-0.05, 0) is 56.0 Å². The number of aromatic nitrogens is 2. The van der Waals surface area contributed by atoms with E-state index in [1.807, 2.05) is 19.9 Å². The van der Waals surface area contributed by atoms with Gasteiger partial charge in [-0.25, -0.2) is 17.8 Å². The van der Waals surface area contributed by atoms with Crippen molar-refractivity contribution >= 4 is 15.9 Å². The summed E-state index contributed by atoms with van der Waals surface area (Å²) in [7, 11) is -1.83. The number of nitrogens with zero attached hydrogens (tertiary/aromatic N) is 3. The Morgan fingerprint density at radius 3 is 2.44 bits per heavy atom. The van der Waals surface area contributed by atoms with E-state index in [2.05, 4.69) is 10.3 Å². The molecule has 2 aromatic carbocycles. The first-order valence-corrected chi connectivity index (χ1v) is 12.7. The molecule has 1 atom stereocenters. The van der Waals surface area contributed by atoms with Crippen LogP contribution in [0.1, 0.15) is 41.4 Å². The van der Waals surface area contributed by atoms with Gasteiger partial charge >= 0.3 is 0 Å². The summed E-state index contributed by atoms with van der Waals surface area (Å²) in [5.74, 6) is -0.515. The number of carbonyl (C=O) groups excluding carboxylic acids is 1. The van der Waals surface area contributed by atoms with Gasteiger partial charge in [0, 0.05) is 44.0 Å². The van der Waals surface area contributed by atoms with Crippen LogP contribution in [-0.4, -0.2) is 41.3 Å². The molecule has 1 amide bonds. The lowest BCUT2D eigenvalue weighted by atomic mass is 9.96. The third-order valence-electron chi connectivity index (χ3n) is 6.56. The van der Waals surface area contributed by atoms with Crippen LogP contribution in [-0.2, 0) is 21.9 Å². The van der Waals surface area contributed by atoms with E-state index >= 15 is 0 Å². The summed E-state index contributed by atoms with van der Waals surface area (Å²) >= 11 is 0. The average Bonchev–Trinajstić information content (AvgIpc) is 3.25. The second-order valence-electron chi connectivity index (χ2n) is 8.78. The summed E-state index contributed by atoms with van der Waals surface area (Å²) in [6, 6.07) is 10.7. The van der Waals surface area contributed by atoms with Crippen molar-refractivity contribution in [2.45, 2.75) is 37.6 Å². The predicted molar refractivity (Wildman–Crippen MR) is 127 cm³/mol. The van der Waals surface area contributed by atoms with E-state index in [9.17, 15) is 17.6 Å². The highest BCUT2D eigenvalue weighted by atomic mass is 32.2. The first kappa shape index (κ1) is 24.1. The van der Waals surface area contributed by atoms with Crippen LogP contribution >= 0.6 is 0 Å². The van der Waals surface area contributed by atoms with E-state index in [1.165, 1.54) is 10.4 Å². The SMILES string of the molecule is Cc1ccc(S(=O)(=O)N2CCC(C(=O)NC(c3ccccc3F)c3nccn3C)CC2)cc1C. The van der Waals surface area contributed by atoms with Crippen LogP contribution < -0.4 is 5.32 Å². The molecule has 0 bridgehead atoms. The predicted octanol–water partition coefficient (Wildman–Crippen LogP) is 3.48. The summed E-state index contributed by atoms with van der Waals surface area (Å²) in [5, 5.41) is 2.96. The molecule has 34 heavy (non-hydrogen) atoms. The van der Waals surface area contributed by atoms with Crippen molar-refractivity contribution in [3.63, 3.8) is 0 Å². The Balaban J connectivity index is 1.47. The average molecular weight is 485 g/mol. The molecule has 1 unspecified atom stereocenters. The molecule has 2 heterocycles. The van der Waals surface area contributed by atoms with Gasteiger partial charge in [0.05, 0.1) is 4.90 Å². The summed E-state index contributed by atoms with van der Waals surface area (Å²) in [5.41, 5.74) is 2.29. The number of aryl methyl sites for hydroxylation is 3. The van der Waals surface area contributed by atoms with Crippen molar-refractivity contribution in [1.29, 1.82) is 0 Å². The van der Waals surface area contributed by atoms with Crippen LogP contribution in [0.15, 0.2) is 59.8 Å². The zero-order chi connectivity index (χ0) is 24.5. The highest BCUT2D eigenvalue weighted by Crippen LogP contribution is 2.28. The minimum atomic E-state index is -3.62. The third-order valence-corrected chi connectivity index (χ3v) is 8.45. The normalized spacial score (nSPS) is 16.4. The third kappa shape index (κ3) is 4.76. The van der Waals surface area contributed by atoms with Crippen molar-refractivity contribution in [2.75, 3.05) is 13.1 Å². The lowest BCUT2D eigenvalue weighted by Gasteiger charge is -2.31. The number of halogens is 1. The molecule has 1 fully saturated rings. The number of nitrogens with one attached hydrogen (secondary N) is 1. The zero-order valence-electron chi connectivity index (χ0n) is 19.5. The topological polar surface area (TPSA) is 84.3 Å². The molecule has 0 saturated carbocycles. The zero-order valence-corrected chi connectivity index (χ0v) is 20.3. The van der Waals surface area contributed by atoms with Gasteiger partial charge in [0.15, 0.2) is 0 Å². The molecule has 0 aliphatic carbocycles. The number of hydrogen-bond acceptors (Lipinski definition) is 4. The van der Waals surface area contributed by atoms with Gasteiger partial charge in [0.2, 0.25) is 15.9 Å². The van der Waals surface area contributed by atoms with Gasteiger partial charge in [-0.15, -0.1) is 0 Å². The quantitative estimate of drug-likeness (QED) is 0.581. The first-order chi connectivity index (χ1) is 16.2. The fourth-order valence-electron chi connectivity index (χ4n) is 4.29. The molecule has 9 heteroatoms. The number of hydrogen-bond donors (Lipinski definition) is 1. The Labute approximate surface area is 199 Å². The minimum absolute atomic E-state index is 0.237. The van der Waals surface area contributed by atoms with Gasteiger partial charge in [-0.2, -0.15) is 4.31 Å². The van der Waals surface area contributed by atoms with Crippen LogP contribution in [0.5, 0.6) is 0 Å². The van der Waals surface area contributed by atoms with Gasteiger partial charge in [0.25, 0.3) is 0 Å². The molecular weight excluding hydrogens is 455 g/mol. The summed E-state index contributed by atoms with van der Waals surface area (Å²) in [6.45, 7) is 4.33. The maximum Gasteiger partial charge on any atom is 0.243 e. The lowest BCUT2D eigenvalue weighted by molar-refractivity contribution is -0.126. The monoisotopic (exact) mass is 484 g/mol. The number of piperidine rings is 1. The molecule has 1 aliphatic rings. The Hall–Kier alpha value is -3.04. The number of amides is 1. The van der Waals surface area contributed by atoms with Crippen molar-refractivity contribution < 1.29 is 17.6 Å². The van der Waals surface area contributed by atoms with E-state index in [0.717, 1.165) is 11.1 Å². The number of rotatable bonds is 6. The molecule has 3 aromatic rings. The molecule has 0 radical (unpaired) electrons. The Kier molecular flexibility index (Phi) is 6.86. The number of benzene rings is 2. The summed E-state index contributed by atoms with van der Waals surface area (Å²) in [6.07, 6.45) is 4.12. The second kappa shape index (κ2) is 9.68. The Morgan fingerprint density at radius 2 is 1.82 bits per heavy atom. The van der Waals surface area contributed by atoms with E-state index in [-0.39, 0.29) is 29.8 Å². The van der Waals surface area contributed by atoms with Crippen molar-refractivity contribution in [3.05, 3.63) is 83.2 Å². The van der Waals surface area contributed by atoms with Gasteiger partial charge in [0.1, 0.15) is 17.7 Å². The molecule has 7 nitrogen and oxygen atoms in total. The number of carbonyl (C=O) groups is 1. The maximum absolute atomic E-state index is 14.6. The van der Waals surface area contributed by atoms with Crippen molar-refractivity contribution in [1.82, 2.24) is 19.2 Å². The molecule has 1 N–H and O–H groups in total. The summed E-state index contributed by atoms with van der Waals surface area (Å²) in [4.78, 5) is 17.8. The second-order valence-corrected chi connectivity index (χ2v) is 10.7. The smallest absolute Gasteiger partial charge is 0.243 e. The molecule has 0 spiro atoms. The van der Waals surface area contributed by atoms with E-state index in [1.54, 1.807) is 54.3 Å². The number of imidazole rings is 1. The fraction of sp³-hybridized carbons (Fsp3) is 0.360. The lowest BCUT2D eigenvalue weighted by Crippen LogP contribution is -2.44. The summed E-state index contributed by atoms with van der Waals surface area (Å²) < 4.78 is 44.0. The highest BCUT2D eigenvalue weighted by Gasteiger charge is 2.34. The molecule has 4 rings (SSSR count). The maximum atomic E-state index is 14.6. The van der Waals surface area contributed by atoms with Gasteiger partial charge < -0.3 is 9.88 Å². The van der Waals surface area contributed by atoms with Gasteiger partial charge in [-0.3, -0.25) is 4.79 Å². The Morgan fingerprint density at radius 1 is 1.12 bits per heavy atom. The fourth-order valence-corrected chi connectivity index (χ4v) is 5.84. The standard InChI is InChI=1S/C25H29FN4O3S/c1-17-8-9-20(16-18(17)2)34(32,33)30-13-10-19(11-14-30)25(31)28-23(24-27-12-15-29(24)3)21-6-4-5-7-22(21)26/h4-9,12,15-16,19,23H,10-11,13-14H2,1-3H3,(H,28,31). The molecule has 1 saturated heterocycles.